The van der Waals surface area contributed by atoms with E-state index < -0.39 is 11.9 Å². The summed E-state index contributed by atoms with van der Waals surface area (Å²) in [5.41, 5.74) is 1.22. The highest BCUT2D eigenvalue weighted by Gasteiger charge is 2.35. The number of imide groups is 1. The van der Waals surface area contributed by atoms with E-state index in [1.54, 1.807) is 30.3 Å². The number of hydrogen-bond acceptors (Lipinski definition) is 5. The number of halogens is 1. The summed E-state index contributed by atoms with van der Waals surface area (Å²) >= 11 is 6.72. The molecule has 0 unspecified atom stereocenters. The van der Waals surface area contributed by atoms with Crippen LogP contribution in [0.5, 0.6) is 0 Å². The van der Waals surface area contributed by atoms with Crippen molar-refractivity contribution in [2.24, 2.45) is 5.92 Å². The van der Waals surface area contributed by atoms with Crippen LogP contribution in [0.15, 0.2) is 59.5 Å². The van der Waals surface area contributed by atoms with Crippen molar-refractivity contribution in [3.05, 3.63) is 75.7 Å². The summed E-state index contributed by atoms with van der Waals surface area (Å²) in [7, 11) is 0. The number of hydrogen-bond donors (Lipinski definition) is 2. The first-order chi connectivity index (χ1) is 15.8. The van der Waals surface area contributed by atoms with E-state index in [0.717, 1.165) is 22.2 Å². The highest BCUT2D eigenvalue weighted by atomic mass is 35.5. The molecule has 2 N–H and O–H groups in total. The lowest BCUT2D eigenvalue weighted by Crippen LogP contribution is -2.51. The summed E-state index contributed by atoms with van der Waals surface area (Å²) in [6.45, 7) is 3.75. The maximum Gasteiger partial charge on any atom is 0.293 e. The van der Waals surface area contributed by atoms with Gasteiger partial charge in [-0.05, 0) is 53.6 Å². The van der Waals surface area contributed by atoms with Crippen LogP contribution in [0.1, 0.15) is 29.8 Å². The number of amides is 4. The van der Waals surface area contributed by atoms with E-state index in [-0.39, 0.29) is 36.1 Å². The van der Waals surface area contributed by atoms with Gasteiger partial charge in [-0.25, -0.2) is 0 Å². The van der Waals surface area contributed by atoms with Gasteiger partial charge in [-0.15, -0.1) is 0 Å². The molecule has 0 aromatic heterocycles. The van der Waals surface area contributed by atoms with E-state index >= 15 is 0 Å². The minimum atomic E-state index is -0.777. The highest BCUT2D eigenvalue weighted by molar-refractivity contribution is 8.18. The van der Waals surface area contributed by atoms with Crippen molar-refractivity contribution < 1.29 is 19.2 Å². The minimum Gasteiger partial charge on any atom is -0.353 e. The van der Waals surface area contributed by atoms with Crippen LogP contribution in [0.4, 0.5) is 4.79 Å². The zero-order valence-electron chi connectivity index (χ0n) is 18.2. The number of thioether (sulfide) groups is 1. The van der Waals surface area contributed by atoms with Gasteiger partial charge in [0.05, 0.1) is 4.91 Å². The van der Waals surface area contributed by atoms with Crippen molar-refractivity contribution >= 4 is 52.4 Å². The van der Waals surface area contributed by atoms with E-state index in [1.165, 1.54) is 0 Å². The fourth-order valence-electron chi connectivity index (χ4n) is 3.16. The van der Waals surface area contributed by atoms with Gasteiger partial charge in [0.1, 0.15) is 6.04 Å². The molecule has 2 aromatic rings. The zero-order chi connectivity index (χ0) is 24.0. The lowest BCUT2D eigenvalue weighted by atomic mass is 10.0. The van der Waals surface area contributed by atoms with Crippen molar-refractivity contribution in [3.8, 4) is 0 Å². The maximum absolute atomic E-state index is 12.7. The van der Waals surface area contributed by atoms with Crippen LogP contribution in [0, 0.1) is 5.92 Å². The molecule has 0 spiro atoms. The van der Waals surface area contributed by atoms with E-state index in [2.05, 4.69) is 10.6 Å². The van der Waals surface area contributed by atoms with Crippen molar-refractivity contribution in [3.63, 3.8) is 0 Å². The van der Waals surface area contributed by atoms with Crippen LogP contribution in [-0.2, 0) is 9.59 Å². The van der Waals surface area contributed by atoms with Gasteiger partial charge in [-0.1, -0.05) is 55.8 Å². The van der Waals surface area contributed by atoms with Crippen molar-refractivity contribution in [1.82, 2.24) is 15.5 Å². The third kappa shape index (κ3) is 6.46. The zero-order valence-corrected chi connectivity index (χ0v) is 19.8. The Kier molecular flexibility index (Phi) is 8.30. The van der Waals surface area contributed by atoms with Crippen molar-refractivity contribution in [1.29, 1.82) is 0 Å². The van der Waals surface area contributed by atoms with Gasteiger partial charge in [-0.2, -0.15) is 0 Å². The Morgan fingerprint density at radius 1 is 1.06 bits per heavy atom. The summed E-state index contributed by atoms with van der Waals surface area (Å²) in [5.74, 6) is -1.34. The molecule has 3 rings (SSSR count). The molecule has 1 atom stereocenters. The molecule has 33 heavy (non-hydrogen) atoms. The molecular formula is C24H24ClN3O4S. The first-order valence-electron chi connectivity index (χ1n) is 10.4. The summed E-state index contributed by atoms with van der Waals surface area (Å²) in [6, 6.07) is 14.8. The van der Waals surface area contributed by atoms with Gasteiger partial charge in [0, 0.05) is 23.7 Å². The van der Waals surface area contributed by atoms with Crippen molar-refractivity contribution in [2.45, 2.75) is 19.9 Å². The number of rotatable bonds is 8. The fourth-order valence-corrected chi connectivity index (χ4v) is 4.15. The molecule has 1 heterocycles. The molecule has 172 valence electrons. The molecule has 1 fully saturated rings. The van der Waals surface area contributed by atoms with Crippen LogP contribution in [-0.4, -0.2) is 47.0 Å². The van der Waals surface area contributed by atoms with E-state index in [9.17, 15) is 19.2 Å². The normalized spacial score (nSPS) is 15.8. The molecule has 0 bridgehead atoms. The molecule has 9 heteroatoms. The van der Waals surface area contributed by atoms with Gasteiger partial charge >= 0.3 is 0 Å². The molecule has 2 aromatic carbocycles. The largest absolute Gasteiger partial charge is 0.353 e. The monoisotopic (exact) mass is 485 g/mol. The quantitative estimate of drug-likeness (QED) is 0.552. The Morgan fingerprint density at radius 2 is 1.73 bits per heavy atom. The van der Waals surface area contributed by atoms with Crippen LogP contribution >= 0.6 is 23.4 Å². The van der Waals surface area contributed by atoms with E-state index in [0.29, 0.717) is 15.5 Å². The number of benzene rings is 2. The minimum absolute atomic E-state index is 0.0402. The molecule has 0 radical (unpaired) electrons. The summed E-state index contributed by atoms with van der Waals surface area (Å²) in [4.78, 5) is 51.5. The average molecular weight is 486 g/mol. The Morgan fingerprint density at radius 3 is 2.36 bits per heavy atom. The number of carbonyl (C=O) groups is 4. The van der Waals surface area contributed by atoms with Gasteiger partial charge in [0.25, 0.3) is 17.1 Å². The summed E-state index contributed by atoms with van der Waals surface area (Å²) in [6.07, 6.45) is 1.67. The second-order valence-corrected chi connectivity index (χ2v) is 9.17. The SMILES string of the molecule is CC(C)[C@@H](NC(=O)c1ccc(Cl)cc1)C(=O)NCCN1C(=O)S/C(=C\c2ccccc2)C1=O. The smallest absolute Gasteiger partial charge is 0.293 e. The predicted molar refractivity (Wildman–Crippen MR) is 130 cm³/mol. The van der Waals surface area contributed by atoms with E-state index in [1.807, 2.05) is 44.2 Å². The number of nitrogens with zero attached hydrogens (tertiary/aromatic N) is 1. The predicted octanol–water partition coefficient (Wildman–Crippen LogP) is 3.95. The molecular weight excluding hydrogens is 462 g/mol. The molecule has 1 aliphatic heterocycles. The third-order valence-corrected chi connectivity index (χ3v) is 6.11. The maximum atomic E-state index is 12.7. The van der Waals surface area contributed by atoms with Crippen LogP contribution in [0.2, 0.25) is 5.02 Å². The third-order valence-electron chi connectivity index (χ3n) is 4.95. The van der Waals surface area contributed by atoms with Gasteiger partial charge < -0.3 is 10.6 Å². The van der Waals surface area contributed by atoms with Crippen LogP contribution < -0.4 is 10.6 Å². The molecule has 1 aliphatic rings. The van der Waals surface area contributed by atoms with Crippen molar-refractivity contribution in [2.75, 3.05) is 13.1 Å². The lowest BCUT2D eigenvalue weighted by molar-refractivity contribution is -0.125. The van der Waals surface area contributed by atoms with Crippen LogP contribution in [0.25, 0.3) is 6.08 Å². The van der Waals surface area contributed by atoms with Crippen LogP contribution in [0.3, 0.4) is 0 Å². The Balaban J connectivity index is 1.56. The number of nitrogens with one attached hydrogen (secondary N) is 2. The van der Waals surface area contributed by atoms with E-state index in [4.69, 9.17) is 11.6 Å². The van der Waals surface area contributed by atoms with Gasteiger partial charge in [-0.3, -0.25) is 24.1 Å². The highest BCUT2D eigenvalue weighted by Crippen LogP contribution is 2.31. The Bertz CT molecular complexity index is 1070. The Labute approximate surface area is 201 Å². The summed E-state index contributed by atoms with van der Waals surface area (Å²) in [5, 5.41) is 5.57. The second kappa shape index (κ2) is 11.2. The molecule has 0 saturated carbocycles. The van der Waals surface area contributed by atoms with Gasteiger partial charge in [0.15, 0.2) is 0 Å². The summed E-state index contributed by atoms with van der Waals surface area (Å²) < 4.78 is 0. The van der Waals surface area contributed by atoms with Gasteiger partial charge in [0.2, 0.25) is 5.91 Å². The molecule has 1 saturated heterocycles. The fraction of sp³-hybridized carbons (Fsp3) is 0.250. The molecule has 4 amide bonds. The average Bonchev–Trinajstić information content (AvgIpc) is 3.05. The topological polar surface area (TPSA) is 95.6 Å². The lowest BCUT2D eigenvalue weighted by Gasteiger charge is -2.22. The molecule has 0 aliphatic carbocycles. The first-order valence-corrected chi connectivity index (χ1v) is 11.6. The first kappa shape index (κ1) is 24.5. The number of carbonyl (C=O) groups excluding carboxylic acids is 4. The Hall–Kier alpha value is -3.10. The molecule has 7 nitrogen and oxygen atoms in total. The standard InChI is InChI=1S/C24H24ClN3O4S/c1-15(2)20(27-21(29)17-8-10-18(25)11-9-17)22(30)26-12-13-28-23(31)19(33-24(28)32)14-16-6-4-3-5-7-16/h3-11,14-15,20H,12-13H2,1-2H3,(H,26,30)(H,27,29)/b19-14-/t20-/m1/s1. The second-order valence-electron chi connectivity index (χ2n) is 7.74.